The average molecular weight is 308 g/mol. The molecule has 1 heterocycles. The van der Waals surface area contributed by atoms with Crippen molar-refractivity contribution in [3.8, 4) is 5.88 Å². The highest BCUT2D eigenvalue weighted by Crippen LogP contribution is 2.26. The summed E-state index contributed by atoms with van der Waals surface area (Å²) in [5.41, 5.74) is 2.24. The van der Waals surface area contributed by atoms with Crippen LogP contribution in [0.5, 0.6) is 5.88 Å². The molecule has 2 aromatic rings. The number of ether oxygens (including phenoxy) is 1. The van der Waals surface area contributed by atoms with Crippen LogP contribution in [0.3, 0.4) is 0 Å². The zero-order valence-electron chi connectivity index (χ0n) is 10.5. The third kappa shape index (κ3) is 2.61. The van der Waals surface area contributed by atoms with Crippen LogP contribution in [0.1, 0.15) is 5.56 Å². The second-order valence-corrected chi connectivity index (χ2v) is 4.78. The quantitative estimate of drug-likeness (QED) is 0.872. The number of nitrogens with zero attached hydrogens (tertiary/aromatic N) is 3. The molecule has 18 heavy (non-hydrogen) atoms. The van der Waals surface area contributed by atoms with Crippen LogP contribution in [0, 0.1) is 6.92 Å². The molecule has 0 saturated heterocycles. The third-order valence-electron chi connectivity index (χ3n) is 2.58. The summed E-state index contributed by atoms with van der Waals surface area (Å²) in [5, 5.41) is 0. The van der Waals surface area contributed by atoms with Gasteiger partial charge in [0, 0.05) is 12.7 Å². The number of methoxy groups -OCH3 is 1. The van der Waals surface area contributed by atoms with Crippen LogP contribution in [-0.2, 0) is 0 Å². The normalized spacial score (nSPS) is 10.2. The molecule has 1 aromatic heterocycles. The van der Waals surface area contributed by atoms with Gasteiger partial charge in [0.25, 0.3) is 0 Å². The van der Waals surface area contributed by atoms with Crippen LogP contribution in [0.25, 0.3) is 0 Å². The van der Waals surface area contributed by atoms with Crippen LogP contribution in [0.4, 0.5) is 11.6 Å². The van der Waals surface area contributed by atoms with E-state index in [4.69, 9.17) is 4.74 Å². The predicted molar refractivity (Wildman–Crippen MR) is 75.5 cm³/mol. The highest BCUT2D eigenvalue weighted by molar-refractivity contribution is 9.10. The zero-order chi connectivity index (χ0) is 13.1. The molecule has 0 aliphatic rings. The standard InChI is InChI=1S/C13H14BrN3O/c1-9-5-4-6-10(7-9)17(2)13-15-8-11(14)12(16-13)18-3/h4-8H,1-3H3. The highest BCUT2D eigenvalue weighted by atomic mass is 79.9. The Morgan fingerprint density at radius 3 is 2.78 bits per heavy atom. The monoisotopic (exact) mass is 307 g/mol. The maximum atomic E-state index is 5.17. The summed E-state index contributed by atoms with van der Waals surface area (Å²) >= 11 is 3.34. The number of aryl methyl sites for hydroxylation is 1. The van der Waals surface area contributed by atoms with Crippen molar-refractivity contribution in [3.63, 3.8) is 0 Å². The minimum atomic E-state index is 0.527. The van der Waals surface area contributed by atoms with Gasteiger partial charge in [-0.25, -0.2) is 4.98 Å². The number of benzene rings is 1. The lowest BCUT2D eigenvalue weighted by molar-refractivity contribution is 0.394. The maximum Gasteiger partial charge on any atom is 0.232 e. The summed E-state index contributed by atoms with van der Waals surface area (Å²) in [6.45, 7) is 2.06. The first kappa shape index (κ1) is 12.8. The third-order valence-corrected chi connectivity index (χ3v) is 3.13. The molecule has 0 aliphatic carbocycles. The summed E-state index contributed by atoms with van der Waals surface area (Å²) in [4.78, 5) is 10.5. The van der Waals surface area contributed by atoms with Crippen LogP contribution < -0.4 is 9.64 Å². The molecule has 0 amide bonds. The largest absolute Gasteiger partial charge is 0.480 e. The van der Waals surface area contributed by atoms with Crippen LogP contribution in [0.2, 0.25) is 0 Å². The molecule has 4 nitrogen and oxygen atoms in total. The van der Waals surface area contributed by atoms with Gasteiger partial charge in [0.05, 0.1) is 17.8 Å². The van der Waals surface area contributed by atoms with Gasteiger partial charge >= 0.3 is 0 Å². The fraction of sp³-hybridized carbons (Fsp3) is 0.231. The number of hydrogen-bond donors (Lipinski definition) is 0. The Hall–Kier alpha value is -1.62. The molecule has 0 radical (unpaired) electrons. The van der Waals surface area contributed by atoms with E-state index in [1.807, 2.05) is 24.1 Å². The molecule has 0 atom stereocenters. The number of aromatic nitrogens is 2. The lowest BCUT2D eigenvalue weighted by Gasteiger charge is -2.18. The average Bonchev–Trinajstić information content (AvgIpc) is 2.38. The van der Waals surface area contributed by atoms with Gasteiger partial charge in [-0.1, -0.05) is 12.1 Å². The Morgan fingerprint density at radius 2 is 2.11 bits per heavy atom. The molecule has 0 fully saturated rings. The van der Waals surface area contributed by atoms with Crippen LogP contribution in [-0.4, -0.2) is 24.1 Å². The molecule has 0 bridgehead atoms. The first-order chi connectivity index (χ1) is 8.61. The number of anilines is 2. The molecule has 5 heteroatoms. The van der Waals surface area contributed by atoms with E-state index in [1.54, 1.807) is 13.3 Å². The predicted octanol–water partition coefficient (Wildman–Crippen LogP) is 3.32. The molecule has 0 spiro atoms. The smallest absolute Gasteiger partial charge is 0.232 e. The summed E-state index contributed by atoms with van der Waals surface area (Å²) in [6, 6.07) is 8.17. The summed E-state index contributed by atoms with van der Waals surface area (Å²) in [5.74, 6) is 1.13. The van der Waals surface area contributed by atoms with Crippen LogP contribution >= 0.6 is 15.9 Å². The van der Waals surface area contributed by atoms with Gasteiger partial charge in [-0.05, 0) is 40.5 Å². The van der Waals surface area contributed by atoms with E-state index in [2.05, 4.69) is 45.0 Å². The van der Waals surface area contributed by atoms with Gasteiger partial charge < -0.3 is 9.64 Å². The second kappa shape index (κ2) is 5.35. The Bertz CT molecular complexity index is 560. The number of halogens is 1. The fourth-order valence-corrected chi connectivity index (χ4v) is 1.95. The first-order valence-corrected chi connectivity index (χ1v) is 6.28. The van der Waals surface area contributed by atoms with E-state index in [0.717, 1.165) is 10.2 Å². The van der Waals surface area contributed by atoms with Gasteiger partial charge in [0.1, 0.15) is 0 Å². The minimum absolute atomic E-state index is 0.527. The Balaban J connectivity index is 2.36. The fourth-order valence-electron chi connectivity index (χ4n) is 1.60. The van der Waals surface area contributed by atoms with E-state index in [1.165, 1.54) is 5.56 Å². The highest BCUT2D eigenvalue weighted by Gasteiger charge is 2.10. The molecule has 0 N–H and O–H groups in total. The molecular formula is C13H14BrN3O. The molecular weight excluding hydrogens is 294 g/mol. The van der Waals surface area contributed by atoms with Gasteiger partial charge in [0.15, 0.2) is 0 Å². The molecule has 0 aliphatic heterocycles. The van der Waals surface area contributed by atoms with Crippen molar-refractivity contribution < 1.29 is 4.74 Å². The van der Waals surface area contributed by atoms with E-state index < -0.39 is 0 Å². The summed E-state index contributed by atoms with van der Waals surface area (Å²) < 4.78 is 5.91. The Morgan fingerprint density at radius 1 is 1.33 bits per heavy atom. The maximum absolute atomic E-state index is 5.17. The molecule has 0 saturated carbocycles. The lowest BCUT2D eigenvalue weighted by atomic mass is 10.2. The SMILES string of the molecule is COc1nc(N(C)c2cccc(C)c2)ncc1Br. The first-order valence-electron chi connectivity index (χ1n) is 5.48. The lowest BCUT2D eigenvalue weighted by Crippen LogP contribution is -2.13. The minimum Gasteiger partial charge on any atom is -0.480 e. The molecule has 94 valence electrons. The second-order valence-electron chi connectivity index (χ2n) is 3.93. The van der Waals surface area contributed by atoms with Gasteiger partial charge in [-0.3, -0.25) is 0 Å². The van der Waals surface area contributed by atoms with E-state index in [-0.39, 0.29) is 0 Å². The van der Waals surface area contributed by atoms with Crippen molar-refractivity contribution in [3.05, 3.63) is 40.5 Å². The van der Waals surface area contributed by atoms with E-state index in [0.29, 0.717) is 11.8 Å². The van der Waals surface area contributed by atoms with Crippen molar-refractivity contribution in [1.82, 2.24) is 9.97 Å². The Labute approximate surface area is 115 Å². The number of rotatable bonds is 3. The zero-order valence-corrected chi connectivity index (χ0v) is 12.1. The topological polar surface area (TPSA) is 38.2 Å². The van der Waals surface area contributed by atoms with Crippen molar-refractivity contribution in [2.24, 2.45) is 0 Å². The van der Waals surface area contributed by atoms with E-state index in [9.17, 15) is 0 Å². The molecule has 2 rings (SSSR count). The summed E-state index contributed by atoms with van der Waals surface area (Å²) in [6.07, 6.45) is 1.69. The van der Waals surface area contributed by atoms with Crippen molar-refractivity contribution in [2.45, 2.75) is 6.92 Å². The van der Waals surface area contributed by atoms with Gasteiger partial charge in [-0.15, -0.1) is 0 Å². The molecule has 0 unspecified atom stereocenters. The Kier molecular flexibility index (Phi) is 3.81. The van der Waals surface area contributed by atoms with Crippen molar-refractivity contribution in [1.29, 1.82) is 0 Å². The van der Waals surface area contributed by atoms with Crippen molar-refractivity contribution in [2.75, 3.05) is 19.1 Å². The van der Waals surface area contributed by atoms with E-state index >= 15 is 0 Å². The van der Waals surface area contributed by atoms with Crippen molar-refractivity contribution >= 4 is 27.6 Å². The number of hydrogen-bond acceptors (Lipinski definition) is 4. The summed E-state index contributed by atoms with van der Waals surface area (Å²) in [7, 11) is 3.51. The van der Waals surface area contributed by atoms with Gasteiger partial charge in [-0.2, -0.15) is 4.98 Å². The molecule has 1 aromatic carbocycles. The van der Waals surface area contributed by atoms with Crippen LogP contribution in [0.15, 0.2) is 34.9 Å². The van der Waals surface area contributed by atoms with Gasteiger partial charge in [0.2, 0.25) is 11.8 Å².